The van der Waals surface area contributed by atoms with E-state index in [1.165, 1.54) is 199 Å². The summed E-state index contributed by atoms with van der Waals surface area (Å²) in [7, 11) is -9.91. The third kappa shape index (κ3) is 70.9. The average Bonchev–Trinajstić information content (AvgIpc) is 1.66. The molecule has 6 atom stereocenters. The number of phosphoric ester groups is 2. The van der Waals surface area contributed by atoms with E-state index in [9.17, 15) is 43.2 Å². The highest BCUT2D eigenvalue weighted by atomic mass is 31.2. The van der Waals surface area contributed by atoms with Crippen LogP contribution in [-0.2, 0) is 65.4 Å². The highest BCUT2D eigenvalue weighted by Crippen LogP contribution is 2.45. The average molecular weight is 1420 g/mol. The van der Waals surface area contributed by atoms with E-state index in [1.54, 1.807) is 0 Å². The van der Waals surface area contributed by atoms with Crippen molar-refractivity contribution >= 4 is 39.5 Å². The number of aliphatic hydroxyl groups excluding tert-OH is 1. The highest BCUT2D eigenvalue weighted by Gasteiger charge is 2.30. The lowest BCUT2D eigenvalue weighted by Crippen LogP contribution is -2.30. The number of phosphoric acid groups is 2. The summed E-state index contributed by atoms with van der Waals surface area (Å²) < 4.78 is 68.5. The summed E-state index contributed by atoms with van der Waals surface area (Å²) in [6, 6.07) is 0. The van der Waals surface area contributed by atoms with Crippen molar-refractivity contribution in [1.82, 2.24) is 0 Å². The van der Waals surface area contributed by atoms with E-state index in [4.69, 9.17) is 37.0 Å². The van der Waals surface area contributed by atoms with Gasteiger partial charge in [-0.25, -0.2) is 9.13 Å². The van der Waals surface area contributed by atoms with E-state index in [-0.39, 0.29) is 25.7 Å². The summed E-state index contributed by atoms with van der Waals surface area (Å²) in [6.45, 7) is 12.0. The molecule has 0 fully saturated rings. The molecule has 0 aromatic rings. The van der Waals surface area contributed by atoms with Crippen molar-refractivity contribution in [3.63, 3.8) is 0 Å². The molecule has 576 valence electrons. The van der Waals surface area contributed by atoms with E-state index >= 15 is 0 Å². The van der Waals surface area contributed by atoms with Crippen LogP contribution in [0.2, 0.25) is 0 Å². The van der Waals surface area contributed by atoms with Crippen molar-refractivity contribution in [3.05, 3.63) is 0 Å². The van der Waals surface area contributed by atoms with Crippen LogP contribution in [0, 0.1) is 17.8 Å². The summed E-state index contributed by atoms with van der Waals surface area (Å²) in [5.74, 6) is 0.293. The molecule has 0 saturated heterocycles. The molecule has 0 spiro atoms. The Kier molecular flexibility index (Phi) is 67.1. The number of aliphatic hydroxyl groups is 1. The maximum atomic E-state index is 13.1. The third-order valence-electron chi connectivity index (χ3n) is 18.5. The lowest BCUT2D eigenvalue weighted by atomic mass is 9.99. The zero-order chi connectivity index (χ0) is 71.6. The minimum atomic E-state index is -4.96. The Morgan fingerprint density at radius 1 is 0.299 bits per heavy atom. The van der Waals surface area contributed by atoms with Gasteiger partial charge in [-0.2, -0.15) is 0 Å². The molecule has 3 unspecified atom stereocenters. The number of carbonyl (C=O) groups excluding carboxylic acids is 4. The van der Waals surface area contributed by atoms with Crippen LogP contribution >= 0.6 is 15.6 Å². The van der Waals surface area contributed by atoms with Gasteiger partial charge in [0.05, 0.1) is 26.4 Å². The molecule has 0 amide bonds. The molecule has 0 aromatic heterocycles. The van der Waals surface area contributed by atoms with Gasteiger partial charge in [-0.15, -0.1) is 0 Å². The molecule has 0 aliphatic rings. The Balaban J connectivity index is 5.20. The van der Waals surface area contributed by atoms with Crippen LogP contribution in [-0.4, -0.2) is 96.7 Å². The number of hydrogen-bond donors (Lipinski definition) is 3. The lowest BCUT2D eigenvalue weighted by Gasteiger charge is -2.21. The molecule has 97 heavy (non-hydrogen) atoms. The van der Waals surface area contributed by atoms with Gasteiger partial charge in [-0.05, 0) is 43.4 Å². The normalized spacial score (nSPS) is 14.3. The molecule has 0 aromatic carbocycles. The van der Waals surface area contributed by atoms with Gasteiger partial charge in [0, 0.05) is 25.7 Å². The van der Waals surface area contributed by atoms with E-state index in [1.807, 2.05) is 0 Å². The minimum Gasteiger partial charge on any atom is -0.462 e. The second-order valence-electron chi connectivity index (χ2n) is 29.3. The zero-order valence-corrected chi connectivity index (χ0v) is 65.3. The predicted molar refractivity (Wildman–Crippen MR) is 395 cm³/mol. The maximum Gasteiger partial charge on any atom is 0.472 e. The summed E-state index contributed by atoms with van der Waals surface area (Å²) in [6.07, 6.45) is 55.6. The van der Waals surface area contributed by atoms with Crippen molar-refractivity contribution in [2.75, 3.05) is 39.6 Å². The molecule has 0 radical (unpaired) electrons. The number of hydrogen-bond acceptors (Lipinski definition) is 15. The Morgan fingerprint density at radius 3 is 0.784 bits per heavy atom. The molecule has 0 aliphatic carbocycles. The molecule has 0 saturated carbocycles. The van der Waals surface area contributed by atoms with Crippen LogP contribution < -0.4 is 0 Å². The minimum absolute atomic E-state index is 0.106. The van der Waals surface area contributed by atoms with Crippen LogP contribution in [0.25, 0.3) is 0 Å². The van der Waals surface area contributed by atoms with Crippen molar-refractivity contribution in [2.45, 2.75) is 420 Å². The van der Waals surface area contributed by atoms with Crippen LogP contribution in [0.4, 0.5) is 0 Å². The van der Waals surface area contributed by atoms with Gasteiger partial charge in [-0.1, -0.05) is 350 Å². The number of unbranched alkanes of at least 4 members (excludes halogenated alkanes) is 43. The molecular formula is C78H152O17P2. The van der Waals surface area contributed by atoms with E-state index < -0.39 is 97.5 Å². The summed E-state index contributed by atoms with van der Waals surface area (Å²) in [4.78, 5) is 72.8. The van der Waals surface area contributed by atoms with Crippen LogP contribution in [0.5, 0.6) is 0 Å². The Bertz CT molecular complexity index is 1890. The van der Waals surface area contributed by atoms with E-state index in [2.05, 4.69) is 48.5 Å². The molecule has 19 heteroatoms. The largest absolute Gasteiger partial charge is 0.472 e. The Hall–Kier alpha value is -1.94. The van der Waals surface area contributed by atoms with Gasteiger partial charge < -0.3 is 33.8 Å². The first kappa shape index (κ1) is 95.1. The van der Waals surface area contributed by atoms with Crippen LogP contribution in [0.1, 0.15) is 402 Å². The predicted octanol–water partition coefficient (Wildman–Crippen LogP) is 23.0. The van der Waals surface area contributed by atoms with Crippen molar-refractivity contribution < 1.29 is 80.2 Å². The second-order valence-corrected chi connectivity index (χ2v) is 32.2. The Morgan fingerprint density at radius 2 is 0.526 bits per heavy atom. The molecule has 0 bridgehead atoms. The van der Waals surface area contributed by atoms with Crippen molar-refractivity contribution in [3.8, 4) is 0 Å². The van der Waals surface area contributed by atoms with Gasteiger partial charge >= 0.3 is 39.5 Å². The van der Waals surface area contributed by atoms with Crippen LogP contribution in [0.15, 0.2) is 0 Å². The standard InChI is InChI=1S/C78H152O17P2/c1-8-10-11-12-35-45-52-59-75(80)88-65-73(94-78(83)62-55-48-41-34-28-27-31-38-44-51-58-71(7)9-2)67-92-96(84,85)90-63-72(79)64-91-97(86,87)93-68-74(66-89-76(81)60-53-46-39-32-25-21-18-17-20-24-30-37-43-50-57-70(5)6)95-77(82)61-54-47-40-33-26-22-16-14-13-15-19-23-29-36-42-49-56-69(3)4/h69-74,79H,8-68H2,1-7H3,(H,84,85)(H,86,87)/t71?,72-,73+,74+/m0/s1. The number of ether oxygens (including phenoxy) is 4. The first-order valence-corrected chi connectivity index (χ1v) is 43.4. The second kappa shape index (κ2) is 68.5. The maximum absolute atomic E-state index is 13.1. The highest BCUT2D eigenvalue weighted by molar-refractivity contribution is 7.47. The molecular weight excluding hydrogens is 1270 g/mol. The van der Waals surface area contributed by atoms with Gasteiger partial charge in [0.2, 0.25) is 0 Å². The van der Waals surface area contributed by atoms with Gasteiger partial charge in [0.15, 0.2) is 12.2 Å². The molecule has 0 aliphatic heterocycles. The number of esters is 4. The third-order valence-corrected chi connectivity index (χ3v) is 20.4. The van der Waals surface area contributed by atoms with Crippen LogP contribution in [0.3, 0.4) is 0 Å². The monoisotopic (exact) mass is 1420 g/mol. The summed E-state index contributed by atoms with van der Waals surface area (Å²) in [5, 5.41) is 10.6. The fraction of sp³-hybridized carbons (Fsp3) is 0.949. The number of carbonyl (C=O) groups is 4. The fourth-order valence-corrected chi connectivity index (χ4v) is 13.5. The molecule has 17 nitrogen and oxygen atoms in total. The molecule has 3 N–H and O–H groups in total. The quantitative estimate of drug-likeness (QED) is 0.0222. The zero-order valence-electron chi connectivity index (χ0n) is 63.5. The molecule has 0 heterocycles. The topological polar surface area (TPSA) is 237 Å². The van der Waals surface area contributed by atoms with E-state index in [0.29, 0.717) is 25.7 Å². The lowest BCUT2D eigenvalue weighted by molar-refractivity contribution is -0.161. The van der Waals surface area contributed by atoms with E-state index in [0.717, 1.165) is 120 Å². The SMILES string of the molecule is CCCCCCCCCC(=O)OC[C@H](COP(=O)(O)OC[C@H](O)COP(=O)(O)OC[C@@H](COC(=O)CCCCCCCCCCCCCCCCC(C)C)OC(=O)CCCCCCCCCCCCCCCCCCC(C)C)OC(=O)CCCCCCCCCCCCC(C)CC. The van der Waals surface area contributed by atoms with Crippen molar-refractivity contribution in [1.29, 1.82) is 0 Å². The fourth-order valence-electron chi connectivity index (χ4n) is 11.9. The van der Waals surface area contributed by atoms with Crippen molar-refractivity contribution in [2.24, 2.45) is 17.8 Å². The number of rotatable bonds is 76. The van der Waals surface area contributed by atoms with Gasteiger partial charge in [0.1, 0.15) is 19.3 Å². The van der Waals surface area contributed by atoms with Gasteiger partial charge in [-0.3, -0.25) is 37.3 Å². The smallest absolute Gasteiger partial charge is 0.462 e. The molecule has 0 rings (SSSR count). The first-order chi connectivity index (χ1) is 46.8. The Labute approximate surface area is 594 Å². The summed E-state index contributed by atoms with van der Waals surface area (Å²) >= 11 is 0. The van der Waals surface area contributed by atoms with Gasteiger partial charge in [0.25, 0.3) is 0 Å². The first-order valence-electron chi connectivity index (χ1n) is 40.4. The summed E-state index contributed by atoms with van der Waals surface area (Å²) in [5.41, 5.74) is 0.